The molecule has 1 rings (SSSR count). The second kappa shape index (κ2) is 10.8. The lowest BCUT2D eigenvalue weighted by molar-refractivity contribution is -0.154. The third-order valence-corrected chi connectivity index (χ3v) is 2.83. The number of hydrogen-bond acceptors (Lipinski definition) is 6. The molecule has 0 aromatic carbocycles. The highest BCUT2D eigenvalue weighted by Crippen LogP contribution is 2.18. The summed E-state index contributed by atoms with van der Waals surface area (Å²) >= 11 is 0. The van der Waals surface area contributed by atoms with Crippen LogP contribution in [0.1, 0.15) is 53.9 Å². The van der Waals surface area contributed by atoms with Gasteiger partial charge in [-0.25, -0.2) is 4.98 Å². The number of nitrogens with two attached hydrogens (primary N) is 2. The number of esters is 1. The minimum Gasteiger partial charge on any atom is -0.460 e. The van der Waals surface area contributed by atoms with Crippen LogP contribution in [0, 0.1) is 0 Å². The molecule has 0 aliphatic rings. The Hall–Kier alpha value is -1.82. The van der Waals surface area contributed by atoms with Crippen LogP contribution in [0.15, 0.2) is 18.3 Å². The summed E-state index contributed by atoms with van der Waals surface area (Å²) < 4.78 is 5.31. The molecular weight excluding hydrogens is 292 g/mol. The van der Waals surface area contributed by atoms with Gasteiger partial charge in [0.2, 0.25) is 0 Å². The standard InChI is InChI=1S/C15H26N4O2.C2H6/c1-15(2,3)21-13(20)7-6-11(8-9-16)19-12-5-4-10-18-14(12)17;1-2/h4-5,10-11,19H,6-9,16H2,1-3H3,(H2,17,18);1-2H3. The van der Waals surface area contributed by atoms with Crippen molar-refractivity contribution >= 4 is 17.5 Å². The zero-order valence-electron chi connectivity index (χ0n) is 15.1. The first-order valence-electron chi connectivity index (χ1n) is 8.21. The van der Waals surface area contributed by atoms with Crippen LogP contribution in [0.25, 0.3) is 0 Å². The lowest BCUT2D eigenvalue weighted by atomic mass is 10.1. The number of rotatable bonds is 7. The fourth-order valence-corrected chi connectivity index (χ4v) is 1.93. The van der Waals surface area contributed by atoms with Crippen LogP contribution in [-0.4, -0.2) is 29.1 Å². The molecule has 1 heterocycles. The Morgan fingerprint density at radius 3 is 2.52 bits per heavy atom. The quantitative estimate of drug-likeness (QED) is 0.666. The van der Waals surface area contributed by atoms with E-state index in [9.17, 15) is 4.79 Å². The molecule has 1 atom stereocenters. The highest BCUT2D eigenvalue weighted by molar-refractivity contribution is 5.70. The molecule has 132 valence electrons. The van der Waals surface area contributed by atoms with Crippen molar-refractivity contribution in [2.75, 3.05) is 17.6 Å². The van der Waals surface area contributed by atoms with Gasteiger partial charge in [-0.1, -0.05) is 13.8 Å². The first-order chi connectivity index (χ1) is 10.8. The van der Waals surface area contributed by atoms with E-state index in [1.54, 1.807) is 6.20 Å². The molecule has 1 aromatic rings. The number of aromatic nitrogens is 1. The molecule has 0 amide bonds. The van der Waals surface area contributed by atoms with Gasteiger partial charge in [0.15, 0.2) is 0 Å². The Kier molecular flexibility index (Phi) is 9.97. The molecule has 0 radical (unpaired) electrons. The van der Waals surface area contributed by atoms with Crippen LogP contribution in [0.3, 0.4) is 0 Å². The molecule has 0 bridgehead atoms. The van der Waals surface area contributed by atoms with Gasteiger partial charge in [-0.3, -0.25) is 4.79 Å². The van der Waals surface area contributed by atoms with E-state index in [4.69, 9.17) is 16.2 Å². The number of nitrogen functional groups attached to an aromatic ring is 1. The third-order valence-electron chi connectivity index (χ3n) is 2.83. The van der Waals surface area contributed by atoms with Gasteiger partial charge in [0.05, 0.1) is 5.69 Å². The third kappa shape index (κ3) is 9.73. The monoisotopic (exact) mass is 324 g/mol. The van der Waals surface area contributed by atoms with E-state index in [-0.39, 0.29) is 12.0 Å². The molecule has 6 heteroatoms. The highest BCUT2D eigenvalue weighted by atomic mass is 16.6. The predicted octanol–water partition coefficient (Wildman–Crippen LogP) is 2.94. The van der Waals surface area contributed by atoms with Crippen molar-refractivity contribution in [2.24, 2.45) is 5.73 Å². The number of nitrogens with one attached hydrogen (secondary N) is 1. The minimum atomic E-state index is -0.457. The van der Waals surface area contributed by atoms with Crippen LogP contribution >= 0.6 is 0 Å². The van der Waals surface area contributed by atoms with Gasteiger partial charge < -0.3 is 21.5 Å². The average molecular weight is 324 g/mol. The lowest BCUT2D eigenvalue weighted by Crippen LogP contribution is -2.27. The molecule has 1 unspecified atom stereocenters. The highest BCUT2D eigenvalue weighted by Gasteiger charge is 2.18. The van der Waals surface area contributed by atoms with E-state index < -0.39 is 5.60 Å². The summed E-state index contributed by atoms with van der Waals surface area (Å²) in [4.78, 5) is 15.8. The largest absolute Gasteiger partial charge is 0.460 e. The van der Waals surface area contributed by atoms with E-state index in [1.807, 2.05) is 46.8 Å². The normalized spacial score (nSPS) is 11.9. The van der Waals surface area contributed by atoms with Gasteiger partial charge in [0, 0.05) is 18.7 Å². The fourth-order valence-electron chi connectivity index (χ4n) is 1.93. The maximum atomic E-state index is 11.8. The molecule has 0 aliphatic heterocycles. The van der Waals surface area contributed by atoms with Gasteiger partial charge in [-0.15, -0.1) is 0 Å². The van der Waals surface area contributed by atoms with Gasteiger partial charge in [-0.05, 0) is 52.3 Å². The van der Waals surface area contributed by atoms with Gasteiger partial charge in [0.1, 0.15) is 11.4 Å². The van der Waals surface area contributed by atoms with Crippen molar-refractivity contribution in [3.63, 3.8) is 0 Å². The predicted molar refractivity (Wildman–Crippen MR) is 96.2 cm³/mol. The average Bonchev–Trinajstić information content (AvgIpc) is 2.47. The molecule has 0 fully saturated rings. The van der Waals surface area contributed by atoms with E-state index in [1.165, 1.54) is 0 Å². The lowest BCUT2D eigenvalue weighted by Gasteiger charge is -2.22. The molecule has 0 saturated heterocycles. The molecule has 6 nitrogen and oxygen atoms in total. The first-order valence-corrected chi connectivity index (χ1v) is 8.21. The number of hydrogen-bond donors (Lipinski definition) is 3. The number of anilines is 2. The molecule has 0 aliphatic carbocycles. The summed E-state index contributed by atoms with van der Waals surface area (Å²) in [5.41, 5.74) is 11.7. The van der Waals surface area contributed by atoms with Gasteiger partial charge in [-0.2, -0.15) is 0 Å². The van der Waals surface area contributed by atoms with Crippen molar-refractivity contribution in [2.45, 2.75) is 65.5 Å². The summed E-state index contributed by atoms with van der Waals surface area (Å²) in [6.45, 7) is 10.1. The van der Waals surface area contributed by atoms with E-state index in [2.05, 4.69) is 10.3 Å². The maximum Gasteiger partial charge on any atom is 0.306 e. The van der Waals surface area contributed by atoms with Crippen LogP contribution in [-0.2, 0) is 9.53 Å². The van der Waals surface area contributed by atoms with E-state index in [0.29, 0.717) is 25.2 Å². The van der Waals surface area contributed by atoms with Crippen LogP contribution < -0.4 is 16.8 Å². The molecule has 0 spiro atoms. The zero-order chi connectivity index (χ0) is 17.9. The summed E-state index contributed by atoms with van der Waals surface area (Å²) in [6.07, 6.45) is 3.37. The molecule has 5 N–H and O–H groups in total. The number of ether oxygens (including phenoxy) is 1. The summed E-state index contributed by atoms with van der Waals surface area (Å²) in [6, 6.07) is 3.74. The Bertz CT molecular complexity index is 458. The molecule has 0 saturated carbocycles. The van der Waals surface area contributed by atoms with Gasteiger partial charge in [0.25, 0.3) is 0 Å². The number of nitrogens with zero attached hydrogens (tertiary/aromatic N) is 1. The second-order valence-corrected chi connectivity index (χ2v) is 5.98. The van der Waals surface area contributed by atoms with Crippen molar-refractivity contribution in [3.05, 3.63) is 18.3 Å². The smallest absolute Gasteiger partial charge is 0.306 e. The molecule has 1 aromatic heterocycles. The topological polar surface area (TPSA) is 103 Å². The SMILES string of the molecule is CC.CC(C)(C)OC(=O)CCC(CCN)Nc1cccnc1N. The Labute approximate surface area is 140 Å². The van der Waals surface area contributed by atoms with Crippen molar-refractivity contribution in [3.8, 4) is 0 Å². The van der Waals surface area contributed by atoms with Crippen molar-refractivity contribution in [1.29, 1.82) is 0 Å². The second-order valence-electron chi connectivity index (χ2n) is 5.98. The first kappa shape index (κ1) is 21.2. The Morgan fingerprint density at radius 2 is 2.00 bits per heavy atom. The van der Waals surface area contributed by atoms with Crippen LogP contribution in [0.5, 0.6) is 0 Å². The summed E-state index contributed by atoms with van der Waals surface area (Å²) in [5, 5.41) is 3.29. The minimum absolute atomic E-state index is 0.0639. The fraction of sp³-hybridized carbons (Fsp3) is 0.647. The number of carbonyl (C=O) groups is 1. The maximum absolute atomic E-state index is 11.8. The van der Waals surface area contributed by atoms with Crippen molar-refractivity contribution < 1.29 is 9.53 Å². The Balaban J connectivity index is 0.00000232. The Morgan fingerprint density at radius 1 is 1.35 bits per heavy atom. The van der Waals surface area contributed by atoms with Gasteiger partial charge >= 0.3 is 5.97 Å². The number of pyridine rings is 1. The summed E-state index contributed by atoms with van der Waals surface area (Å²) in [7, 11) is 0. The van der Waals surface area contributed by atoms with Crippen LogP contribution in [0.2, 0.25) is 0 Å². The van der Waals surface area contributed by atoms with Crippen molar-refractivity contribution in [1.82, 2.24) is 4.98 Å². The number of carbonyl (C=O) groups excluding carboxylic acids is 1. The molecule has 23 heavy (non-hydrogen) atoms. The van der Waals surface area contributed by atoms with E-state index >= 15 is 0 Å². The van der Waals surface area contributed by atoms with E-state index in [0.717, 1.165) is 12.1 Å². The van der Waals surface area contributed by atoms with Crippen LogP contribution in [0.4, 0.5) is 11.5 Å². The summed E-state index contributed by atoms with van der Waals surface area (Å²) in [5.74, 6) is 0.238. The zero-order valence-corrected chi connectivity index (χ0v) is 15.1. The molecular formula is C17H32N4O2.